The Morgan fingerprint density at radius 1 is 0.281 bits per heavy atom. The van der Waals surface area contributed by atoms with Gasteiger partial charge in [0.15, 0.2) is 12.2 Å². The molecule has 0 radical (unpaired) electrons. The second-order valence-corrected chi connectivity index (χ2v) is 30.3. The number of carbonyl (C=O) groups is 4. The summed E-state index contributed by atoms with van der Waals surface area (Å²) >= 11 is 0. The van der Waals surface area contributed by atoms with E-state index in [4.69, 9.17) is 37.0 Å². The molecule has 3 N–H and O–H groups in total. The normalized spacial score (nSPS) is 13.9. The van der Waals surface area contributed by atoms with Crippen LogP contribution in [0.15, 0.2) is 12.2 Å². The quantitative estimate of drug-likeness (QED) is 0.0169. The first-order valence-corrected chi connectivity index (χ1v) is 42.9. The van der Waals surface area contributed by atoms with Crippen molar-refractivity contribution in [3.05, 3.63) is 12.2 Å². The lowest BCUT2D eigenvalue weighted by Crippen LogP contribution is -2.30. The third kappa shape index (κ3) is 70.2. The zero-order chi connectivity index (χ0) is 70.4. The van der Waals surface area contributed by atoms with Crippen LogP contribution in [-0.4, -0.2) is 96.7 Å². The van der Waals surface area contributed by atoms with E-state index in [0.717, 1.165) is 109 Å². The monoisotopic (exact) mass is 1410 g/mol. The lowest BCUT2D eigenvalue weighted by molar-refractivity contribution is -0.161. The van der Waals surface area contributed by atoms with Crippen LogP contribution < -0.4 is 0 Å². The summed E-state index contributed by atoms with van der Waals surface area (Å²) in [7, 11) is -9.92. The summed E-state index contributed by atoms with van der Waals surface area (Å²) in [6.45, 7) is 4.97. The van der Waals surface area contributed by atoms with E-state index in [1.807, 2.05) is 0 Å². The molecule has 0 aliphatic heterocycles. The summed E-state index contributed by atoms with van der Waals surface area (Å²) in [5, 5.41) is 10.6. The molecule has 17 nitrogen and oxygen atoms in total. The van der Waals surface area contributed by atoms with Crippen molar-refractivity contribution in [2.45, 2.75) is 418 Å². The van der Waals surface area contributed by atoms with Gasteiger partial charge in [0.25, 0.3) is 0 Å². The molecule has 5 unspecified atom stereocenters. The van der Waals surface area contributed by atoms with Gasteiger partial charge in [-0.3, -0.25) is 37.3 Å². The number of carbonyl (C=O) groups excluding carboxylic acids is 4. The van der Waals surface area contributed by atoms with Crippen molar-refractivity contribution in [1.29, 1.82) is 0 Å². The summed E-state index contributed by atoms with van der Waals surface area (Å²) in [6, 6.07) is 0. The SMILES string of the molecule is CCCCCCCC/C=C\CCCCCCCC(=O)OCC(COP(=O)(O)OCC(O)COP(=O)(O)OCC(COC(=O)CCCCCCCCCCCCCCCCC)OC(=O)CCCCCCCCCCCCCCCCC)OC(=O)CCCCCCCCCCCCC. The average molecular weight is 1410 g/mol. The molecule has 0 heterocycles. The van der Waals surface area contributed by atoms with Gasteiger partial charge in [-0.25, -0.2) is 9.13 Å². The molecule has 568 valence electrons. The van der Waals surface area contributed by atoms with Gasteiger partial charge in [0, 0.05) is 25.7 Å². The molecule has 0 rings (SSSR count). The standard InChI is InChI=1S/C77H148O17P2/c1-5-9-13-17-21-25-29-32-35-38-42-45-49-53-57-61-74(79)87-67-72(93-76(81)63-59-55-51-47-41-28-24-20-16-12-8-4)69-91-95(83,84)89-65-71(78)66-90-96(85,86)92-70-73(94-77(82)64-60-56-52-48-44-40-37-34-31-27-23-19-15-11-7-3)68-88-75(80)62-58-54-50-46-43-39-36-33-30-26-22-18-14-10-6-2/h32,35,71-73,78H,5-31,33-34,36-70H2,1-4H3,(H,83,84)(H,85,86)/b35-32-. The fourth-order valence-corrected chi connectivity index (χ4v) is 13.2. The first-order chi connectivity index (χ1) is 46.7. The highest BCUT2D eigenvalue weighted by Gasteiger charge is 2.30. The number of aliphatic hydroxyl groups excluding tert-OH is 1. The first kappa shape index (κ1) is 93.8. The number of hydrogen-bond donors (Lipinski definition) is 3. The second-order valence-electron chi connectivity index (χ2n) is 27.4. The van der Waals surface area contributed by atoms with Crippen LogP contribution in [-0.2, 0) is 65.4 Å². The van der Waals surface area contributed by atoms with Gasteiger partial charge in [0.2, 0.25) is 0 Å². The second kappa shape index (κ2) is 71.2. The van der Waals surface area contributed by atoms with Crippen LogP contribution in [0.3, 0.4) is 0 Å². The van der Waals surface area contributed by atoms with Gasteiger partial charge >= 0.3 is 39.5 Å². The zero-order valence-electron chi connectivity index (χ0n) is 62.1. The molecule has 0 fully saturated rings. The number of phosphoric ester groups is 2. The highest BCUT2D eigenvalue weighted by Crippen LogP contribution is 2.45. The molecule has 0 saturated heterocycles. The molecule has 0 aliphatic rings. The predicted molar refractivity (Wildman–Crippen MR) is 391 cm³/mol. The Balaban J connectivity index is 5.26. The van der Waals surface area contributed by atoms with Crippen LogP contribution in [0.25, 0.3) is 0 Å². The number of phosphoric acid groups is 2. The van der Waals surface area contributed by atoms with Crippen LogP contribution in [0, 0.1) is 0 Å². The first-order valence-electron chi connectivity index (χ1n) is 39.9. The molecule has 5 atom stereocenters. The minimum absolute atomic E-state index is 0.104. The third-order valence-corrected chi connectivity index (χ3v) is 19.7. The lowest BCUT2D eigenvalue weighted by atomic mass is 10.0. The number of allylic oxidation sites excluding steroid dienone is 2. The van der Waals surface area contributed by atoms with E-state index in [0.29, 0.717) is 25.7 Å². The summed E-state index contributed by atoms with van der Waals surface area (Å²) in [5.41, 5.74) is 0. The average Bonchev–Trinajstić information content (AvgIpc) is 1.11. The van der Waals surface area contributed by atoms with Crippen LogP contribution in [0.2, 0.25) is 0 Å². The smallest absolute Gasteiger partial charge is 0.462 e. The number of esters is 4. The van der Waals surface area contributed by atoms with Gasteiger partial charge in [-0.15, -0.1) is 0 Å². The lowest BCUT2D eigenvalue weighted by Gasteiger charge is -2.21. The zero-order valence-corrected chi connectivity index (χ0v) is 63.9. The van der Waals surface area contributed by atoms with E-state index in [2.05, 4.69) is 39.8 Å². The number of aliphatic hydroxyl groups is 1. The maximum Gasteiger partial charge on any atom is 0.472 e. The molecule has 0 amide bonds. The number of rotatable bonds is 77. The molecule has 0 aromatic heterocycles. The van der Waals surface area contributed by atoms with Gasteiger partial charge < -0.3 is 33.8 Å². The fourth-order valence-electron chi connectivity index (χ4n) is 11.6. The van der Waals surface area contributed by atoms with E-state index < -0.39 is 97.5 Å². The Morgan fingerprint density at radius 2 is 0.479 bits per heavy atom. The molecular formula is C77H148O17P2. The maximum atomic E-state index is 13.1. The Kier molecular flexibility index (Phi) is 69.6. The molecule has 0 spiro atoms. The molecule has 96 heavy (non-hydrogen) atoms. The molecule has 0 aliphatic carbocycles. The molecular weight excluding hydrogens is 1260 g/mol. The van der Waals surface area contributed by atoms with Crippen LogP contribution in [0.5, 0.6) is 0 Å². The van der Waals surface area contributed by atoms with Gasteiger partial charge in [-0.1, -0.05) is 335 Å². The Bertz CT molecular complexity index is 1870. The molecule has 19 heteroatoms. The highest BCUT2D eigenvalue weighted by molar-refractivity contribution is 7.47. The molecule has 0 saturated carbocycles. The van der Waals surface area contributed by atoms with Gasteiger partial charge in [0.05, 0.1) is 26.4 Å². The van der Waals surface area contributed by atoms with E-state index in [-0.39, 0.29) is 25.7 Å². The summed E-state index contributed by atoms with van der Waals surface area (Å²) in [5.74, 6) is -2.13. The minimum atomic E-state index is -4.96. The maximum absolute atomic E-state index is 13.1. The van der Waals surface area contributed by atoms with Crippen molar-refractivity contribution >= 4 is 39.5 Å². The number of hydrogen-bond acceptors (Lipinski definition) is 15. The topological polar surface area (TPSA) is 237 Å². The summed E-state index contributed by atoms with van der Waals surface area (Å²) in [6.07, 6.45) is 63.3. The molecule has 0 bridgehead atoms. The van der Waals surface area contributed by atoms with Gasteiger partial charge in [-0.2, -0.15) is 0 Å². The Hall–Kier alpha value is -2.20. The van der Waals surface area contributed by atoms with Crippen LogP contribution in [0.1, 0.15) is 400 Å². The number of ether oxygens (including phenoxy) is 4. The summed E-state index contributed by atoms with van der Waals surface area (Å²) < 4.78 is 68.6. The Labute approximate surface area is 587 Å². The van der Waals surface area contributed by atoms with E-state index in [9.17, 15) is 43.2 Å². The minimum Gasteiger partial charge on any atom is -0.462 e. The van der Waals surface area contributed by atoms with Crippen LogP contribution in [0.4, 0.5) is 0 Å². The third-order valence-electron chi connectivity index (χ3n) is 17.8. The van der Waals surface area contributed by atoms with E-state index in [1.165, 1.54) is 212 Å². The van der Waals surface area contributed by atoms with Crippen molar-refractivity contribution < 1.29 is 80.2 Å². The Morgan fingerprint density at radius 3 is 0.719 bits per heavy atom. The summed E-state index contributed by atoms with van der Waals surface area (Å²) in [4.78, 5) is 72.9. The predicted octanol–water partition coefficient (Wildman–Crippen LogP) is 22.8. The fraction of sp³-hybridized carbons (Fsp3) is 0.922. The van der Waals surface area contributed by atoms with Crippen molar-refractivity contribution in [3.63, 3.8) is 0 Å². The molecule has 0 aromatic carbocycles. The number of unbranched alkanes of at least 4 members (excludes halogenated alkanes) is 49. The van der Waals surface area contributed by atoms with Gasteiger partial charge in [0.1, 0.15) is 19.3 Å². The molecule has 0 aromatic rings. The van der Waals surface area contributed by atoms with Crippen molar-refractivity contribution in [2.24, 2.45) is 0 Å². The van der Waals surface area contributed by atoms with E-state index >= 15 is 0 Å². The largest absolute Gasteiger partial charge is 0.472 e. The van der Waals surface area contributed by atoms with Crippen molar-refractivity contribution in [2.75, 3.05) is 39.6 Å². The highest BCUT2D eigenvalue weighted by atomic mass is 31.2. The van der Waals surface area contributed by atoms with E-state index in [1.54, 1.807) is 0 Å². The van der Waals surface area contributed by atoms with Crippen molar-refractivity contribution in [1.82, 2.24) is 0 Å². The van der Waals surface area contributed by atoms with Crippen LogP contribution >= 0.6 is 15.6 Å². The van der Waals surface area contributed by atoms with Crippen molar-refractivity contribution in [3.8, 4) is 0 Å². The van der Waals surface area contributed by atoms with Gasteiger partial charge in [-0.05, 0) is 51.4 Å².